The maximum atomic E-state index is 12.0. The summed E-state index contributed by atoms with van der Waals surface area (Å²) < 4.78 is 1.79. The molecule has 1 aromatic heterocycles. The minimum Gasteiger partial charge on any atom is -0.386 e. The highest BCUT2D eigenvalue weighted by molar-refractivity contribution is 5.92. The molecule has 6 heteroatoms. The zero-order valence-corrected chi connectivity index (χ0v) is 9.96. The first-order valence-electron chi connectivity index (χ1n) is 5.81. The second-order valence-corrected chi connectivity index (χ2v) is 4.52. The summed E-state index contributed by atoms with van der Waals surface area (Å²) in [6.07, 6.45) is 3.96. The van der Waals surface area contributed by atoms with E-state index in [9.17, 15) is 9.90 Å². The van der Waals surface area contributed by atoms with E-state index < -0.39 is 5.60 Å². The van der Waals surface area contributed by atoms with Crippen LogP contribution in [0.3, 0.4) is 0 Å². The molecule has 0 bridgehead atoms. The molecule has 17 heavy (non-hydrogen) atoms. The summed E-state index contributed by atoms with van der Waals surface area (Å²) in [5.41, 5.74) is 5.13. The van der Waals surface area contributed by atoms with Crippen molar-refractivity contribution in [2.45, 2.75) is 25.5 Å². The fourth-order valence-electron chi connectivity index (χ4n) is 1.94. The molecular formula is C11H18N4O2. The van der Waals surface area contributed by atoms with Crippen LogP contribution in [0.25, 0.3) is 0 Å². The van der Waals surface area contributed by atoms with Gasteiger partial charge in [-0.15, -0.1) is 0 Å². The lowest BCUT2D eigenvalue weighted by Gasteiger charge is -2.45. The van der Waals surface area contributed by atoms with Crippen LogP contribution in [0.1, 0.15) is 23.8 Å². The average Bonchev–Trinajstić information content (AvgIpc) is 2.73. The van der Waals surface area contributed by atoms with Crippen molar-refractivity contribution in [2.75, 3.05) is 19.6 Å². The van der Waals surface area contributed by atoms with Gasteiger partial charge in [0.15, 0.2) is 0 Å². The molecule has 2 heterocycles. The number of carbonyl (C=O) groups is 1. The van der Waals surface area contributed by atoms with E-state index in [0.717, 1.165) is 0 Å². The highest BCUT2D eigenvalue weighted by Gasteiger charge is 2.42. The van der Waals surface area contributed by atoms with Gasteiger partial charge < -0.3 is 20.3 Å². The number of imidazole rings is 1. The molecule has 0 aliphatic carbocycles. The molecule has 0 spiro atoms. The normalized spacial score (nSPS) is 17.9. The fourth-order valence-corrected chi connectivity index (χ4v) is 1.94. The summed E-state index contributed by atoms with van der Waals surface area (Å²) in [4.78, 5) is 17.6. The molecule has 2 rings (SSSR count). The molecule has 0 aromatic carbocycles. The molecule has 0 saturated carbocycles. The number of nitrogens with zero attached hydrogens (tertiary/aromatic N) is 3. The molecule has 6 nitrogen and oxygen atoms in total. The van der Waals surface area contributed by atoms with Gasteiger partial charge in [-0.05, 0) is 6.42 Å². The molecule has 3 N–H and O–H groups in total. The lowest BCUT2D eigenvalue weighted by Crippen LogP contribution is -2.63. The number of likely N-dealkylation sites (tertiary alicyclic amines) is 1. The van der Waals surface area contributed by atoms with E-state index in [-0.39, 0.29) is 5.91 Å². The summed E-state index contributed by atoms with van der Waals surface area (Å²) in [6, 6.07) is 0. The molecule has 0 unspecified atom stereocenters. The minimum absolute atomic E-state index is 0.126. The number of nitrogens with two attached hydrogens (primary N) is 1. The summed E-state index contributed by atoms with van der Waals surface area (Å²) in [7, 11) is 0. The monoisotopic (exact) mass is 238 g/mol. The quantitative estimate of drug-likeness (QED) is 0.736. The van der Waals surface area contributed by atoms with E-state index in [1.54, 1.807) is 22.0 Å². The van der Waals surface area contributed by atoms with Crippen molar-refractivity contribution in [1.29, 1.82) is 0 Å². The Bertz CT molecular complexity index is 409. The second-order valence-electron chi connectivity index (χ2n) is 4.52. The molecular weight excluding hydrogens is 220 g/mol. The Morgan fingerprint density at radius 2 is 2.35 bits per heavy atom. The predicted molar refractivity (Wildman–Crippen MR) is 62.4 cm³/mol. The molecule has 94 valence electrons. The topological polar surface area (TPSA) is 84.4 Å². The Labute approximate surface area is 100 Å². The summed E-state index contributed by atoms with van der Waals surface area (Å²) in [6.45, 7) is 3.87. The number of β-amino-alcohol motifs (C(OH)–C–C–N with tert-alkyl or cyclic N) is 1. The van der Waals surface area contributed by atoms with Gasteiger partial charge in [0.25, 0.3) is 5.91 Å². The van der Waals surface area contributed by atoms with Gasteiger partial charge in [-0.1, -0.05) is 6.92 Å². The van der Waals surface area contributed by atoms with E-state index >= 15 is 0 Å². The molecule has 1 aromatic rings. The van der Waals surface area contributed by atoms with Gasteiger partial charge in [0.2, 0.25) is 0 Å². The van der Waals surface area contributed by atoms with Crippen molar-refractivity contribution in [3.05, 3.63) is 18.2 Å². The Morgan fingerprint density at radius 3 is 2.94 bits per heavy atom. The van der Waals surface area contributed by atoms with Gasteiger partial charge in [-0.3, -0.25) is 4.79 Å². The summed E-state index contributed by atoms with van der Waals surface area (Å²) >= 11 is 0. The van der Waals surface area contributed by atoms with Crippen molar-refractivity contribution >= 4 is 5.91 Å². The predicted octanol–water partition coefficient (Wildman–Crippen LogP) is -0.561. The first-order valence-corrected chi connectivity index (χ1v) is 5.81. The van der Waals surface area contributed by atoms with Gasteiger partial charge in [-0.25, -0.2) is 4.98 Å². The van der Waals surface area contributed by atoms with E-state index in [0.29, 0.717) is 38.3 Å². The molecule has 0 radical (unpaired) electrons. The number of aromatic nitrogens is 2. The van der Waals surface area contributed by atoms with Crippen LogP contribution >= 0.6 is 0 Å². The zero-order valence-electron chi connectivity index (χ0n) is 9.96. The van der Waals surface area contributed by atoms with Gasteiger partial charge in [0.1, 0.15) is 5.69 Å². The van der Waals surface area contributed by atoms with Crippen LogP contribution in [0, 0.1) is 0 Å². The van der Waals surface area contributed by atoms with Crippen LogP contribution in [0.4, 0.5) is 0 Å². The molecule has 1 amide bonds. The van der Waals surface area contributed by atoms with Crippen LogP contribution < -0.4 is 5.73 Å². The number of hydrogen-bond acceptors (Lipinski definition) is 4. The standard InChI is InChI=1S/C11H18N4O2/c1-2-11(17)6-15(7-11)10(16)9-5-14(4-3-12)8-13-9/h5,8,17H,2-4,6-7,12H2,1H3. The smallest absolute Gasteiger partial charge is 0.274 e. The fraction of sp³-hybridized carbons (Fsp3) is 0.636. The highest BCUT2D eigenvalue weighted by Crippen LogP contribution is 2.25. The van der Waals surface area contributed by atoms with E-state index in [2.05, 4.69) is 4.98 Å². The average molecular weight is 238 g/mol. The third-order valence-electron chi connectivity index (χ3n) is 3.16. The summed E-state index contributed by atoms with van der Waals surface area (Å²) in [5, 5.41) is 9.84. The van der Waals surface area contributed by atoms with Crippen LogP contribution in [0.2, 0.25) is 0 Å². The van der Waals surface area contributed by atoms with Gasteiger partial charge in [0, 0.05) is 19.3 Å². The molecule has 1 aliphatic heterocycles. The van der Waals surface area contributed by atoms with Gasteiger partial charge >= 0.3 is 0 Å². The maximum absolute atomic E-state index is 12.0. The highest BCUT2D eigenvalue weighted by atomic mass is 16.3. The van der Waals surface area contributed by atoms with Crippen LogP contribution in [-0.2, 0) is 6.54 Å². The van der Waals surface area contributed by atoms with Crippen molar-refractivity contribution in [1.82, 2.24) is 14.5 Å². The van der Waals surface area contributed by atoms with E-state index in [1.807, 2.05) is 6.92 Å². The number of hydrogen-bond donors (Lipinski definition) is 2. The van der Waals surface area contributed by atoms with Crippen molar-refractivity contribution in [3.63, 3.8) is 0 Å². The second kappa shape index (κ2) is 4.46. The zero-order chi connectivity index (χ0) is 12.5. The number of amides is 1. The number of rotatable bonds is 4. The third-order valence-corrected chi connectivity index (χ3v) is 3.16. The first-order chi connectivity index (χ1) is 8.08. The Kier molecular flexibility index (Phi) is 3.17. The molecule has 0 atom stereocenters. The lowest BCUT2D eigenvalue weighted by molar-refractivity contribution is -0.0828. The van der Waals surface area contributed by atoms with Crippen LogP contribution in [0.15, 0.2) is 12.5 Å². The van der Waals surface area contributed by atoms with Crippen LogP contribution in [0.5, 0.6) is 0 Å². The minimum atomic E-state index is -0.699. The largest absolute Gasteiger partial charge is 0.386 e. The van der Waals surface area contributed by atoms with Crippen molar-refractivity contribution < 1.29 is 9.90 Å². The third kappa shape index (κ3) is 2.32. The molecule has 1 saturated heterocycles. The molecule has 1 fully saturated rings. The summed E-state index contributed by atoms with van der Waals surface area (Å²) in [5.74, 6) is -0.126. The van der Waals surface area contributed by atoms with Gasteiger partial charge in [-0.2, -0.15) is 0 Å². The Hall–Kier alpha value is -1.40. The first kappa shape index (κ1) is 12.1. The van der Waals surface area contributed by atoms with Crippen molar-refractivity contribution in [3.8, 4) is 0 Å². The maximum Gasteiger partial charge on any atom is 0.274 e. The van der Waals surface area contributed by atoms with Gasteiger partial charge in [0.05, 0.1) is 25.0 Å². The number of aliphatic hydroxyl groups is 1. The van der Waals surface area contributed by atoms with E-state index in [4.69, 9.17) is 5.73 Å². The van der Waals surface area contributed by atoms with Crippen LogP contribution in [-0.4, -0.2) is 50.7 Å². The number of carbonyl (C=O) groups excluding carboxylic acids is 1. The lowest BCUT2D eigenvalue weighted by atomic mass is 9.91. The Balaban J connectivity index is 1.96. The SMILES string of the molecule is CCC1(O)CN(C(=O)c2cn(CCN)cn2)C1. The Morgan fingerprint density at radius 1 is 1.65 bits per heavy atom. The van der Waals surface area contributed by atoms with Crippen molar-refractivity contribution in [2.24, 2.45) is 5.73 Å². The molecule has 1 aliphatic rings. The van der Waals surface area contributed by atoms with E-state index in [1.165, 1.54) is 0 Å².